The molecule has 8 nitrogen and oxygen atoms in total. The molecule has 94 valence electrons. The molecule has 1 aromatic rings. The van der Waals surface area contributed by atoms with E-state index in [0.717, 1.165) is 0 Å². The molecule has 1 heterocycles. The van der Waals surface area contributed by atoms with E-state index in [-0.39, 0.29) is 18.1 Å². The number of aromatic nitrogens is 3. The molecular formula is C9H15N5O3. The molecule has 0 unspecified atom stereocenters. The van der Waals surface area contributed by atoms with Crippen LogP contribution in [0.25, 0.3) is 0 Å². The van der Waals surface area contributed by atoms with Gasteiger partial charge < -0.3 is 15.8 Å². The number of nitrogens with two attached hydrogens (primary N) is 1. The maximum absolute atomic E-state index is 11.4. The Morgan fingerprint density at radius 2 is 2.24 bits per heavy atom. The fourth-order valence-electron chi connectivity index (χ4n) is 1.22. The van der Waals surface area contributed by atoms with Crippen LogP contribution in [0.15, 0.2) is 0 Å². The lowest BCUT2D eigenvalue weighted by Gasteiger charge is -2.05. The lowest BCUT2D eigenvalue weighted by molar-refractivity contribution is -0.122. The van der Waals surface area contributed by atoms with Gasteiger partial charge in [-0.2, -0.15) is 0 Å². The van der Waals surface area contributed by atoms with Crippen LogP contribution in [-0.2, 0) is 16.1 Å². The van der Waals surface area contributed by atoms with Crippen molar-refractivity contribution in [3.63, 3.8) is 0 Å². The molecule has 0 aliphatic carbocycles. The van der Waals surface area contributed by atoms with Gasteiger partial charge in [0, 0.05) is 13.7 Å². The number of rotatable bonds is 6. The number of carbonyl (C=O) groups excluding carboxylic acids is 2. The highest BCUT2D eigenvalue weighted by molar-refractivity contribution is 5.91. The van der Waals surface area contributed by atoms with Crippen molar-refractivity contribution in [1.29, 1.82) is 0 Å². The zero-order valence-electron chi connectivity index (χ0n) is 9.77. The summed E-state index contributed by atoms with van der Waals surface area (Å²) in [4.78, 5) is 22.4. The van der Waals surface area contributed by atoms with Crippen LogP contribution in [0.4, 0.5) is 0 Å². The minimum atomic E-state index is -0.659. The lowest BCUT2D eigenvalue weighted by Crippen LogP contribution is -2.31. The van der Waals surface area contributed by atoms with Crippen molar-refractivity contribution >= 4 is 11.8 Å². The van der Waals surface area contributed by atoms with E-state index in [1.807, 2.05) is 0 Å². The second-order valence-electron chi connectivity index (χ2n) is 3.39. The standard InChI is InChI=1S/C9H15N5O3/c1-6-8(9(10)16)12-13-14(6)5-7(15)11-3-4-17-2/h3-5H2,1-2H3,(H2,10,16)(H,11,15). The van der Waals surface area contributed by atoms with Gasteiger partial charge in [-0.15, -0.1) is 5.10 Å². The Kier molecular flexibility index (Phi) is 4.58. The second-order valence-corrected chi connectivity index (χ2v) is 3.39. The van der Waals surface area contributed by atoms with Gasteiger partial charge in [0.25, 0.3) is 5.91 Å². The van der Waals surface area contributed by atoms with Crippen LogP contribution >= 0.6 is 0 Å². The molecule has 0 bridgehead atoms. The van der Waals surface area contributed by atoms with Crippen LogP contribution in [0.3, 0.4) is 0 Å². The van der Waals surface area contributed by atoms with Crippen LogP contribution in [0.2, 0.25) is 0 Å². The molecule has 0 aliphatic heterocycles. The van der Waals surface area contributed by atoms with E-state index in [1.54, 1.807) is 14.0 Å². The minimum absolute atomic E-state index is 0.00414. The molecule has 0 aliphatic rings. The van der Waals surface area contributed by atoms with E-state index in [0.29, 0.717) is 18.8 Å². The van der Waals surface area contributed by atoms with Crippen molar-refractivity contribution in [2.45, 2.75) is 13.5 Å². The average Bonchev–Trinajstić information content (AvgIpc) is 2.61. The van der Waals surface area contributed by atoms with Gasteiger partial charge in [-0.05, 0) is 6.92 Å². The molecule has 17 heavy (non-hydrogen) atoms. The zero-order valence-corrected chi connectivity index (χ0v) is 9.77. The number of ether oxygens (including phenoxy) is 1. The molecule has 3 N–H and O–H groups in total. The highest BCUT2D eigenvalue weighted by Gasteiger charge is 2.14. The third kappa shape index (κ3) is 3.52. The number of nitrogens with zero attached hydrogens (tertiary/aromatic N) is 3. The van der Waals surface area contributed by atoms with Crippen molar-refractivity contribution < 1.29 is 14.3 Å². The Labute approximate surface area is 98.1 Å². The molecule has 0 atom stereocenters. The number of hydrogen-bond donors (Lipinski definition) is 2. The van der Waals surface area contributed by atoms with Crippen LogP contribution in [0.5, 0.6) is 0 Å². The SMILES string of the molecule is COCCNC(=O)Cn1nnc(C(N)=O)c1C. The van der Waals surface area contributed by atoms with Gasteiger partial charge in [-0.3, -0.25) is 9.59 Å². The Morgan fingerprint density at radius 3 is 2.76 bits per heavy atom. The first-order valence-electron chi connectivity index (χ1n) is 5.01. The predicted molar refractivity (Wildman–Crippen MR) is 58.2 cm³/mol. The fourth-order valence-corrected chi connectivity index (χ4v) is 1.22. The van der Waals surface area contributed by atoms with Crippen molar-refractivity contribution in [2.24, 2.45) is 5.73 Å². The van der Waals surface area contributed by atoms with Gasteiger partial charge in [-0.1, -0.05) is 5.21 Å². The quantitative estimate of drug-likeness (QED) is 0.585. The number of amides is 2. The predicted octanol–water partition coefficient (Wildman–Crippen LogP) is -1.55. The number of primary amides is 1. The third-order valence-corrected chi connectivity index (χ3v) is 2.14. The fraction of sp³-hybridized carbons (Fsp3) is 0.556. The van der Waals surface area contributed by atoms with Gasteiger partial charge in [0.1, 0.15) is 6.54 Å². The van der Waals surface area contributed by atoms with Gasteiger partial charge in [-0.25, -0.2) is 4.68 Å². The van der Waals surface area contributed by atoms with Gasteiger partial charge in [0.05, 0.1) is 12.3 Å². The lowest BCUT2D eigenvalue weighted by atomic mass is 10.3. The second kappa shape index (κ2) is 5.94. The largest absolute Gasteiger partial charge is 0.383 e. The molecule has 0 aromatic carbocycles. The summed E-state index contributed by atoms with van der Waals surface area (Å²) < 4.78 is 6.11. The van der Waals surface area contributed by atoms with Crippen molar-refractivity contribution in [3.05, 3.63) is 11.4 Å². The van der Waals surface area contributed by atoms with Crippen molar-refractivity contribution in [2.75, 3.05) is 20.3 Å². The Bertz CT molecular complexity index is 415. The maximum Gasteiger partial charge on any atom is 0.271 e. The van der Waals surface area contributed by atoms with E-state index < -0.39 is 5.91 Å². The highest BCUT2D eigenvalue weighted by Crippen LogP contribution is 2.01. The third-order valence-electron chi connectivity index (χ3n) is 2.14. The van der Waals surface area contributed by atoms with Gasteiger partial charge in [0.2, 0.25) is 5.91 Å². The molecule has 1 aromatic heterocycles. The van der Waals surface area contributed by atoms with E-state index in [9.17, 15) is 9.59 Å². The zero-order chi connectivity index (χ0) is 12.8. The molecule has 8 heteroatoms. The summed E-state index contributed by atoms with van der Waals surface area (Å²) >= 11 is 0. The van der Waals surface area contributed by atoms with Crippen LogP contribution in [-0.4, -0.2) is 47.1 Å². The summed E-state index contributed by atoms with van der Waals surface area (Å²) in [5.74, 6) is -0.889. The van der Waals surface area contributed by atoms with Crippen LogP contribution in [0, 0.1) is 6.92 Å². The van der Waals surface area contributed by atoms with Gasteiger partial charge in [0.15, 0.2) is 5.69 Å². The van der Waals surface area contributed by atoms with E-state index in [4.69, 9.17) is 10.5 Å². The average molecular weight is 241 g/mol. The Hall–Kier alpha value is -1.96. The maximum atomic E-state index is 11.4. The molecule has 0 spiro atoms. The molecule has 0 radical (unpaired) electrons. The van der Waals surface area contributed by atoms with E-state index >= 15 is 0 Å². The Balaban J connectivity index is 2.57. The number of hydrogen-bond acceptors (Lipinski definition) is 5. The smallest absolute Gasteiger partial charge is 0.271 e. The molecule has 2 amide bonds. The first-order valence-corrected chi connectivity index (χ1v) is 5.01. The van der Waals surface area contributed by atoms with Crippen LogP contribution < -0.4 is 11.1 Å². The summed E-state index contributed by atoms with van der Waals surface area (Å²) in [6.07, 6.45) is 0. The Morgan fingerprint density at radius 1 is 1.53 bits per heavy atom. The summed E-state index contributed by atoms with van der Waals surface area (Å²) in [7, 11) is 1.55. The minimum Gasteiger partial charge on any atom is -0.383 e. The van der Waals surface area contributed by atoms with E-state index in [1.165, 1.54) is 4.68 Å². The van der Waals surface area contributed by atoms with Crippen molar-refractivity contribution in [1.82, 2.24) is 20.3 Å². The van der Waals surface area contributed by atoms with Gasteiger partial charge >= 0.3 is 0 Å². The summed E-state index contributed by atoms with van der Waals surface area (Å²) in [5.41, 5.74) is 5.64. The number of carbonyl (C=O) groups is 2. The molecule has 0 saturated heterocycles. The molecule has 0 saturated carbocycles. The van der Waals surface area contributed by atoms with Crippen LogP contribution in [0.1, 0.15) is 16.2 Å². The van der Waals surface area contributed by atoms with E-state index in [2.05, 4.69) is 15.6 Å². The highest BCUT2D eigenvalue weighted by atomic mass is 16.5. The number of nitrogens with one attached hydrogen (secondary N) is 1. The van der Waals surface area contributed by atoms with Crippen molar-refractivity contribution in [3.8, 4) is 0 Å². The summed E-state index contributed by atoms with van der Waals surface area (Å²) in [5, 5.41) is 9.91. The summed E-state index contributed by atoms with van der Waals surface area (Å²) in [6, 6.07) is 0. The topological polar surface area (TPSA) is 112 Å². The first-order chi connectivity index (χ1) is 8.06. The molecule has 0 fully saturated rings. The molecule has 1 rings (SSSR count). The summed E-state index contributed by atoms with van der Waals surface area (Å²) in [6.45, 7) is 2.48. The normalized spacial score (nSPS) is 10.2. The monoisotopic (exact) mass is 241 g/mol. The first kappa shape index (κ1) is 13.1. The molecular weight excluding hydrogens is 226 g/mol. The number of methoxy groups -OCH3 is 1.